The average molecular weight is 213 g/mol. The molecule has 0 bridgehead atoms. The van der Waals surface area contributed by atoms with Crippen LogP contribution in [0.5, 0.6) is 5.75 Å². The van der Waals surface area contributed by atoms with Gasteiger partial charge in [0, 0.05) is 5.02 Å². The number of halogens is 1. The van der Waals surface area contributed by atoms with Crippen LogP contribution in [0.25, 0.3) is 0 Å². The van der Waals surface area contributed by atoms with Gasteiger partial charge in [0.05, 0.1) is 7.11 Å². The minimum atomic E-state index is -0.136. The zero-order valence-corrected chi connectivity index (χ0v) is 9.26. The van der Waals surface area contributed by atoms with E-state index in [2.05, 4.69) is 0 Å². The first-order valence-corrected chi connectivity index (χ1v) is 4.81. The van der Waals surface area contributed by atoms with Crippen LogP contribution in [0.4, 0.5) is 0 Å². The molecule has 0 aliphatic rings. The van der Waals surface area contributed by atoms with E-state index in [0.717, 1.165) is 5.56 Å². The monoisotopic (exact) mass is 212 g/mol. The molecule has 3 heteroatoms. The molecule has 2 nitrogen and oxygen atoms in total. The zero-order valence-electron chi connectivity index (χ0n) is 8.50. The van der Waals surface area contributed by atoms with Gasteiger partial charge >= 0.3 is 0 Å². The van der Waals surface area contributed by atoms with Crippen molar-refractivity contribution in [2.24, 2.45) is 0 Å². The SMILES string of the molecule is COc1ccc(Cl)c(C(C)C)cc1=O. The van der Waals surface area contributed by atoms with Gasteiger partial charge in [0.25, 0.3) is 0 Å². The molecule has 0 heterocycles. The first-order valence-electron chi connectivity index (χ1n) is 4.44. The van der Waals surface area contributed by atoms with Gasteiger partial charge in [-0.3, -0.25) is 4.79 Å². The molecule has 0 atom stereocenters. The summed E-state index contributed by atoms with van der Waals surface area (Å²) in [6.45, 7) is 3.99. The molecule has 0 saturated carbocycles. The second kappa shape index (κ2) is 4.47. The molecule has 0 aromatic heterocycles. The van der Waals surface area contributed by atoms with Gasteiger partial charge < -0.3 is 4.74 Å². The molecule has 0 fully saturated rings. The molecule has 1 aromatic carbocycles. The Morgan fingerprint density at radius 1 is 1.36 bits per heavy atom. The Morgan fingerprint density at radius 3 is 2.50 bits per heavy atom. The van der Waals surface area contributed by atoms with E-state index < -0.39 is 0 Å². The van der Waals surface area contributed by atoms with E-state index in [1.807, 2.05) is 13.8 Å². The number of hydrogen-bond donors (Lipinski definition) is 0. The van der Waals surface area contributed by atoms with Crippen molar-refractivity contribution < 1.29 is 4.74 Å². The lowest BCUT2D eigenvalue weighted by Crippen LogP contribution is -2.01. The normalized spacial score (nSPS) is 10.4. The highest BCUT2D eigenvalue weighted by Crippen LogP contribution is 2.22. The Balaban J connectivity index is 3.44. The smallest absolute Gasteiger partial charge is 0.220 e. The number of ether oxygens (including phenoxy) is 1. The van der Waals surface area contributed by atoms with Crippen LogP contribution in [0.3, 0.4) is 0 Å². The summed E-state index contributed by atoms with van der Waals surface area (Å²) in [5.74, 6) is 0.547. The molecule has 1 rings (SSSR count). The molecule has 0 amide bonds. The Labute approximate surface area is 88.5 Å². The van der Waals surface area contributed by atoms with Gasteiger partial charge in [-0.05, 0) is 29.7 Å². The van der Waals surface area contributed by atoms with Crippen LogP contribution in [0.1, 0.15) is 25.3 Å². The Kier molecular flexibility index (Phi) is 3.53. The van der Waals surface area contributed by atoms with Crippen LogP contribution in [-0.2, 0) is 0 Å². The fourth-order valence-corrected chi connectivity index (χ4v) is 1.56. The van der Waals surface area contributed by atoms with Crippen LogP contribution in [-0.4, -0.2) is 7.11 Å². The second-order valence-electron chi connectivity index (χ2n) is 3.37. The van der Waals surface area contributed by atoms with Gasteiger partial charge in [-0.25, -0.2) is 0 Å². The Hall–Kier alpha value is -1.02. The van der Waals surface area contributed by atoms with Crippen LogP contribution in [0.15, 0.2) is 23.0 Å². The second-order valence-corrected chi connectivity index (χ2v) is 3.78. The van der Waals surface area contributed by atoms with Crippen molar-refractivity contribution in [1.29, 1.82) is 0 Å². The largest absolute Gasteiger partial charge is 0.493 e. The van der Waals surface area contributed by atoms with Crippen molar-refractivity contribution in [3.63, 3.8) is 0 Å². The van der Waals surface area contributed by atoms with Crippen molar-refractivity contribution >= 4 is 11.6 Å². The number of hydrogen-bond acceptors (Lipinski definition) is 2. The third-order valence-electron chi connectivity index (χ3n) is 2.03. The van der Waals surface area contributed by atoms with Crippen LogP contribution < -0.4 is 10.2 Å². The summed E-state index contributed by atoms with van der Waals surface area (Å²) >= 11 is 6.01. The fraction of sp³-hybridized carbons (Fsp3) is 0.364. The van der Waals surface area contributed by atoms with E-state index in [4.69, 9.17) is 16.3 Å². The van der Waals surface area contributed by atoms with Gasteiger partial charge in [0.1, 0.15) is 0 Å². The minimum Gasteiger partial charge on any atom is -0.493 e. The summed E-state index contributed by atoms with van der Waals surface area (Å²) in [4.78, 5) is 11.5. The molecule has 0 radical (unpaired) electrons. The molecule has 1 aromatic rings. The molecule has 0 spiro atoms. The number of rotatable bonds is 2. The van der Waals surface area contributed by atoms with E-state index in [1.165, 1.54) is 13.2 Å². The Bertz CT molecular complexity index is 386. The fourth-order valence-electron chi connectivity index (χ4n) is 1.22. The van der Waals surface area contributed by atoms with Crippen molar-refractivity contribution in [2.45, 2.75) is 19.8 Å². The summed E-state index contributed by atoms with van der Waals surface area (Å²) in [6, 6.07) is 4.82. The topological polar surface area (TPSA) is 26.3 Å². The Morgan fingerprint density at radius 2 is 2.00 bits per heavy atom. The van der Waals surface area contributed by atoms with Crippen LogP contribution >= 0.6 is 11.6 Å². The maximum absolute atomic E-state index is 11.5. The molecule has 14 heavy (non-hydrogen) atoms. The standard InChI is InChI=1S/C11H13ClO2/c1-7(2)8-6-10(13)11(14-3)5-4-9(8)12/h4-7H,1-3H3. The highest BCUT2D eigenvalue weighted by Gasteiger charge is 2.06. The van der Waals surface area contributed by atoms with Crippen molar-refractivity contribution in [3.8, 4) is 5.75 Å². The predicted octanol–water partition coefficient (Wildman–Crippen LogP) is 2.83. The summed E-state index contributed by atoms with van der Waals surface area (Å²) < 4.78 is 4.92. The van der Waals surface area contributed by atoms with Gasteiger partial charge in [-0.2, -0.15) is 0 Å². The first kappa shape index (κ1) is 11.1. The first-order chi connectivity index (χ1) is 6.56. The zero-order chi connectivity index (χ0) is 10.7. The lowest BCUT2D eigenvalue weighted by Gasteiger charge is -2.02. The highest BCUT2D eigenvalue weighted by molar-refractivity contribution is 6.31. The third kappa shape index (κ3) is 2.26. The maximum atomic E-state index is 11.5. The molecule has 0 aliphatic carbocycles. The summed E-state index contributed by atoms with van der Waals surface area (Å²) in [5.41, 5.74) is 0.711. The van der Waals surface area contributed by atoms with E-state index in [9.17, 15) is 4.79 Å². The van der Waals surface area contributed by atoms with Gasteiger partial charge in [0.2, 0.25) is 5.43 Å². The van der Waals surface area contributed by atoms with Crippen LogP contribution in [0, 0.1) is 0 Å². The predicted molar refractivity (Wildman–Crippen MR) is 58.4 cm³/mol. The van der Waals surface area contributed by atoms with Gasteiger partial charge in [-0.1, -0.05) is 25.4 Å². The van der Waals surface area contributed by atoms with Gasteiger partial charge in [0.15, 0.2) is 5.75 Å². The third-order valence-corrected chi connectivity index (χ3v) is 2.37. The van der Waals surface area contributed by atoms with E-state index in [-0.39, 0.29) is 11.3 Å². The minimum absolute atomic E-state index is 0.136. The summed E-state index contributed by atoms with van der Waals surface area (Å²) in [7, 11) is 1.47. The molecular weight excluding hydrogens is 200 g/mol. The highest BCUT2D eigenvalue weighted by atomic mass is 35.5. The molecule has 0 unspecified atom stereocenters. The molecular formula is C11H13ClO2. The van der Waals surface area contributed by atoms with Crippen molar-refractivity contribution in [2.75, 3.05) is 7.11 Å². The van der Waals surface area contributed by atoms with Crippen molar-refractivity contribution in [3.05, 3.63) is 39.0 Å². The molecule has 0 saturated heterocycles. The summed E-state index contributed by atoms with van der Waals surface area (Å²) in [5, 5.41) is 0.598. The molecule has 0 N–H and O–H groups in total. The maximum Gasteiger partial charge on any atom is 0.220 e. The number of methoxy groups -OCH3 is 1. The molecule has 76 valence electrons. The van der Waals surface area contributed by atoms with Gasteiger partial charge in [-0.15, -0.1) is 0 Å². The summed E-state index contributed by atoms with van der Waals surface area (Å²) in [6.07, 6.45) is 0. The van der Waals surface area contributed by atoms with E-state index >= 15 is 0 Å². The van der Waals surface area contributed by atoms with E-state index in [1.54, 1.807) is 12.1 Å². The van der Waals surface area contributed by atoms with E-state index in [0.29, 0.717) is 10.8 Å². The molecule has 0 aliphatic heterocycles. The lowest BCUT2D eigenvalue weighted by molar-refractivity contribution is 0.411. The quantitative estimate of drug-likeness (QED) is 0.754. The lowest BCUT2D eigenvalue weighted by atomic mass is 10.1. The van der Waals surface area contributed by atoms with Crippen molar-refractivity contribution in [1.82, 2.24) is 0 Å². The average Bonchev–Trinajstić information content (AvgIpc) is 2.26. The van der Waals surface area contributed by atoms with Crippen LogP contribution in [0.2, 0.25) is 5.02 Å².